The van der Waals surface area contributed by atoms with Gasteiger partial charge in [0.2, 0.25) is 0 Å². The highest BCUT2D eigenvalue weighted by Crippen LogP contribution is 1.93. The van der Waals surface area contributed by atoms with Crippen molar-refractivity contribution in [1.82, 2.24) is 20.3 Å². The van der Waals surface area contributed by atoms with E-state index in [2.05, 4.69) is 15.6 Å². The number of hydrogen-bond donors (Lipinski definition) is 1. The second-order valence-electron chi connectivity index (χ2n) is 2.87. The molecule has 0 saturated carbocycles. The Hall–Kier alpha value is -1.46. The number of nitrogens with zero attached hydrogens (tertiary/aromatic N) is 3. The van der Waals surface area contributed by atoms with Crippen molar-refractivity contribution in [2.75, 3.05) is 6.54 Å². The van der Waals surface area contributed by atoms with Crippen LogP contribution >= 0.6 is 0 Å². The third-order valence-electron chi connectivity index (χ3n) is 1.71. The van der Waals surface area contributed by atoms with Gasteiger partial charge < -0.3 is 5.32 Å². The summed E-state index contributed by atoms with van der Waals surface area (Å²) in [4.78, 5) is 11.3. The summed E-state index contributed by atoms with van der Waals surface area (Å²) in [5.41, 5.74) is 0.152. The van der Waals surface area contributed by atoms with Crippen molar-refractivity contribution in [1.29, 1.82) is 0 Å². The molecule has 0 aliphatic heterocycles. The van der Waals surface area contributed by atoms with E-state index in [0.717, 1.165) is 17.5 Å². The molecular weight excluding hydrogens is 186 g/mol. The van der Waals surface area contributed by atoms with Gasteiger partial charge in [0.15, 0.2) is 12.5 Å². The van der Waals surface area contributed by atoms with Crippen molar-refractivity contribution in [3.8, 4) is 0 Å². The molecule has 0 unspecified atom stereocenters. The molecule has 1 amide bonds. The summed E-state index contributed by atoms with van der Waals surface area (Å²) in [5.74, 6) is -0.307. The second kappa shape index (κ2) is 5.31. The topological polar surface area (TPSA) is 59.8 Å². The second-order valence-corrected chi connectivity index (χ2v) is 2.87. The SMILES string of the molecule is CCCCNC(=O)c1cn(C[18F])nn1. The van der Waals surface area contributed by atoms with Crippen LogP contribution in [0.15, 0.2) is 6.20 Å². The minimum Gasteiger partial charge on any atom is -0.351 e. The van der Waals surface area contributed by atoms with Crippen LogP contribution in [0.4, 0.5) is 4.39 Å². The van der Waals surface area contributed by atoms with Crippen LogP contribution < -0.4 is 5.32 Å². The normalized spacial score (nSPS) is 10.1. The minimum atomic E-state index is -0.769. The molecule has 0 aliphatic rings. The highest BCUT2D eigenvalue weighted by atomic mass is 18.2. The first-order chi connectivity index (χ1) is 6.77. The van der Waals surface area contributed by atoms with E-state index >= 15 is 0 Å². The van der Waals surface area contributed by atoms with E-state index in [-0.39, 0.29) is 11.6 Å². The largest absolute Gasteiger partial charge is 0.351 e. The number of nitrogens with one attached hydrogen (secondary N) is 1. The van der Waals surface area contributed by atoms with Gasteiger partial charge in [0, 0.05) is 6.54 Å². The number of carbonyl (C=O) groups is 1. The number of carbonyl (C=O) groups excluding carboxylic acids is 1. The zero-order chi connectivity index (χ0) is 10.4. The molecular formula is C8H13FN4O. The van der Waals surface area contributed by atoms with Crippen molar-refractivity contribution < 1.29 is 9.18 Å². The molecule has 1 N–H and O–H groups in total. The zero-order valence-electron chi connectivity index (χ0n) is 8.03. The fourth-order valence-corrected chi connectivity index (χ4v) is 0.930. The molecule has 0 bridgehead atoms. The van der Waals surface area contributed by atoms with E-state index in [9.17, 15) is 9.18 Å². The average Bonchev–Trinajstić information content (AvgIpc) is 2.66. The maximum absolute atomic E-state index is 12.0. The quantitative estimate of drug-likeness (QED) is 0.711. The molecule has 6 heteroatoms. The van der Waals surface area contributed by atoms with E-state index in [0.29, 0.717) is 6.54 Å². The fraction of sp³-hybridized carbons (Fsp3) is 0.625. The molecule has 0 fully saturated rings. The molecule has 0 atom stereocenters. The van der Waals surface area contributed by atoms with Gasteiger partial charge in [-0.3, -0.25) is 4.79 Å². The Morgan fingerprint density at radius 3 is 3.07 bits per heavy atom. The van der Waals surface area contributed by atoms with Gasteiger partial charge in [0.05, 0.1) is 6.20 Å². The van der Waals surface area contributed by atoms with Gasteiger partial charge in [0.25, 0.3) is 5.91 Å². The lowest BCUT2D eigenvalue weighted by Crippen LogP contribution is -2.24. The van der Waals surface area contributed by atoms with E-state index in [4.69, 9.17) is 0 Å². The number of rotatable bonds is 5. The molecule has 14 heavy (non-hydrogen) atoms. The van der Waals surface area contributed by atoms with Crippen LogP contribution in [0.2, 0.25) is 0 Å². The summed E-state index contributed by atoms with van der Waals surface area (Å²) in [7, 11) is 0. The van der Waals surface area contributed by atoms with E-state index in [1.807, 2.05) is 6.92 Å². The van der Waals surface area contributed by atoms with Crippen LogP contribution in [0.1, 0.15) is 30.3 Å². The van der Waals surface area contributed by atoms with Crippen molar-refractivity contribution in [2.24, 2.45) is 0 Å². The first-order valence-corrected chi connectivity index (χ1v) is 4.52. The zero-order valence-corrected chi connectivity index (χ0v) is 8.03. The Kier molecular flexibility index (Phi) is 4.03. The first-order valence-electron chi connectivity index (χ1n) is 4.52. The Bertz CT molecular complexity index is 299. The van der Waals surface area contributed by atoms with Crippen LogP contribution in [0.5, 0.6) is 0 Å². The van der Waals surface area contributed by atoms with Crippen LogP contribution in [0, 0.1) is 0 Å². The maximum Gasteiger partial charge on any atom is 0.273 e. The first kappa shape index (κ1) is 10.6. The van der Waals surface area contributed by atoms with E-state index in [1.54, 1.807) is 0 Å². The number of aromatic nitrogens is 3. The van der Waals surface area contributed by atoms with Crippen molar-refractivity contribution in [3.63, 3.8) is 0 Å². The molecule has 1 aromatic heterocycles. The van der Waals surface area contributed by atoms with Crippen molar-refractivity contribution >= 4 is 5.91 Å². The number of halogens is 1. The van der Waals surface area contributed by atoms with Gasteiger partial charge in [-0.05, 0) is 6.42 Å². The van der Waals surface area contributed by atoms with Crippen molar-refractivity contribution in [2.45, 2.75) is 26.6 Å². The molecule has 1 aromatic rings. The molecule has 0 aliphatic carbocycles. The van der Waals surface area contributed by atoms with Crippen molar-refractivity contribution in [3.05, 3.63) is 11.9 Å². The summed E-state index contributed by atoms with van der Waals surface area (Å²) >= 11 is 0. The molecule has 1 heterocycles. The number of alkyl halides is 1. The van der Waals surface area contributed by atoms with Crippen LogP contribution in [-0.2, 0) is 6.80 Å². The summed E-state index contributed by atoms with van der Waals surface area (Å²) in [5, 5.41) is 9.60. The molecule has 5 nitrogen and oxygen atoms in total. The number of unbranched alkanes of at least 4 members (excludes halogenated alkanes) is 1. The molecule has 78 valence electrons. The Morgan fingerprint density at radius 2 is 2.50 bits per heavy atom. The van der Waals surface area contributed by atoms with Gasteiger partial charge in [-0.25, -0.2) is 9.07 Å². The summed E-state index contributed by atoms with van der Waals surface area (Å²) in [6.07, 6.45) is 3.21. The van der Waals surface area contributed by atoms with Gasteiger partial charge >= 0.3 is 0 Å². The molecule has 1 rings (SSSR count). The highest BCUT2D eigenvalue weighted by molar-refractivity contribution is 5.91. The Balaban J connectivity index is 2.44. The van der Waals surface area contributed by atoms with Crippen LogP contribution in [0.3, 0.4) is 0 Å². The summed E-state index contributed by atoms with van der Waals surface area (Å²) in [6.45, 7) is 1.87. The summed E-state index contributed by atoms with van der Waals surface area (Å²) in [6, 6.07) is 0. The molecule has 0 radical (unpaired) electrons. The van der Waals surface area contributed by atoms with Gasteiger partial charge in [-0.1, -0.05) is 18.6 Å². The highest BCUT2D eigenvalue weighted by Gasteiger charge is 2.09. The summed E-state index contributed by atoms with van der Waals surface area (Å²) < 4.78 is 13.0. The predicted octanol–water partition coefficient (Wildman–Crippen LogP) is 0.735. The van der Waals surface area contributed by atoms with E-state index < -0.39 is 6.80 Å². The third-order valence-corrected chi connectivity index (χ3v) is 1.71. The third kappa shape index (κ3) is 2.79. The Morgan fingerprint density at radius 1 is 1.71 bits per heavy atom. The predicted molar refractivity (Wildman–Crippen MR) is 48.4 cm³/mol. The number of amides is 1. The van der Waals surface area contributed by atoms with Gasteiger partial charge in [0.1, 0.15) is 0 Å². The standard InChI is InChI=1S/C8H13FN4O/c1-2-3-4-10-8(14)7-5-13(6-9)12-11-7/h5H,2-4,6H2,1H3,(H,10,14)/i9-1. The Labute approximate surface area is 81.3 Å². The van der Waals surface area contributed by atoms with E-state index in [1.165, 1.54) is 6.20 Å². The molecule has 0 saturated heterocycles. The maximum atomic E-state index is 12.0. The van der Waals surface area contributed by atoms with Gasteiger partial charge in [-0.15, -0.1) is 5.10 Å². The molecule has 0 aromatic carbocycles. The fourth-order valence-electron chi connectivity index (χ4n) is 0.930. The molecule has 0 spiro atoms. The van der Waals surface area contributed by atoms with Crippen LogP contribution in [0.25, 0.3) is 0 Å². The van der Waals surface area contributed by atoms with Gasteiger partial charge in [-0.2, -0.15) is 0 Å². The average molecular weight is 199 g/mol. The number of hydrogen-bond acceptors (Lipinski definition) is 3. The minimum absolute atomic E-state index is 0.152. The smallest absolute Gasteiger partial charge is 0.273 e. The lowest BCUT2D eigenvalue weighted by molar-refractivity contribution is 0.0948. The monoisotopic (exact) mass is 199 g/mol. The lowest BCUT2D eigenvalue weighted by Gasteiger charge is -1.99. The lowest BCUT2D eigenvalue weighted by atomic mass is 10.3. The van der Waals surface area contributed by atoms with Crippen LogP contribution in [-0.4, -0.2) is 27.4 Å².